The number of H-pyrrole nitrogens is 1. The van der Waals surface area contributed by atoms with Crippen molar-refractivity contribution in [2.45, 2.75) is 19.4 Å². The van der Waals surface area contributed by atoms with Crippen molar-refractivity contribution in [3.05, 3.63) is 11.6 Å². The Morgan fingerprint density at radius 1 is 1.75 bits per heavy atom. The summed E-state index contributed by atoms with van der Waals surface area (Å²) in [5.74, 6) is 1.43. The molecule has 0 bridgehead atoms. The lowest BCUT2D eigenvalue weighted by Gasteiger charge is -2.00. The molecule has 0 spiro atoms. The summed E-state index contributed by atoms with van der Waals surface area (Å²) < 4.78 is 0. The maximum atomic E-state index is 5.76. The van der Waals surface area contributed by atoms with Crippen LogP contribution in [-0.2, 0) is 0 Å². The van der Waals surface area contributed by atoms with E-state index in [9.17, 15) is 0 Å². The number of aromatic amines is 1. The van der Waals surface area contributed by atoms with E-state index in [1.165, 1.54) is 0 Å². The first-order valence-corrected chi connectivity index (χ1v) is 3.79. The largest absolute Gasteiger partial charge is 0.321 e. The number of nitrogens with zero attached hydrogens (tertiary/aromatic N) is 3. The van der Waals surface area contributed by atoms with Crippen molar-refractivity contribution in [2.24, 2.45) is 10.7 Å². The molecule has 66 valence electrons. The molecule has 0 aromatic carbocycles. The Hall–Kier alpha value is -1.23. The molecule has 5 nitrogen and oxygen atoms in total. The summed E-state index contributed by atoms with van der Waals surface area (Å²) in [4.78, 5) is 7.95. The first kappa shape index (κ1) is 8.86. The van der Waals surface area contributed by atoms with E-state index < -0.39 is 0 Å². The smallest absolute Gasteiger partial charge is 0.167 e. The highest BCUT2D eigenvalue weighted by Gasteiger charge is 2.08. The predicted octanol–water partition coefficient (Wildman–Crippen LogP) is 0.204. The van der Waals surface area contributed by atoms with Gasteiger partial charge in [-0.05, 0) is 6.92 Å². The zero-order valence-electron chi connectivity index (χ0n) is 7.28. The Labute approximate surface area is 71.1 Å². The lowest BCUT2D eigenvalue weighted by atomic mass is 10.2. The van der Waals surface area contributed by atoms with Gasteiger partial charge < -0.3 is 10.7 Å². The number of hydrogen-bond acceptors (Lipinski definition) is 4. The zero-order valence-corrected chi connectivity index (χ0v) is 7.28. The highest BCUT2D eigenvalue weighted by atomic mass is 15.2. The molecule has 12 heavy (non-hydrogen) atoms. The van der Waals surface area contributed by atoms with Crippen LogP contribution in [0.4, 0.5) is 0 Å². The van der Waals surface area contributed by atoms with E-state index in [4.69, 9.17) is 5.73 Å². The molecular formula is C7H13N5. The molecule has 0 aliphatic carbocycles. The summed E-state index contributed by atoms with van der Waals surface area (Å²) in [6.07, 6.45) is 2.43. The Kier molecular flexibility index (Phi) is 2.93. The van der Waals surface area contributed by atoms with Crippen LogP contribution in [0.25, 0.3) is 0 Å². The number of rotatable bonds is 3. The molecule has 3 N–H and O–H groups in total. The normalized spacial score (nSPS) is 13.9. The Bertz CT molecular complexity index is 265. The summed E-state index contributed by atoms with van der Waals surface area (Å²) in [5, 5.41) is 6.69. The third-order valence-corrected chi connectivity index (χ3v) is 1.49. The number of aryl methyl sites for hydroxylation is 1. The van der Waals surface area contributed by atoms with Gasteiger partial charge in [0.25, 0.3) is 0 Å². The number of aliphatic imine (C=N–C) groups is 1. The van der Waals surface area contributed by atoms with Gasteiger partial charge in [-0.25, -0.2) is 4.98 Å². The summed E-state index contributed by atoms with van der Waals surface area (Å²) in [7, 11) is 1.72. The zero-order chi connectivity index (χ0) is 8.97. The van der Waals surface area contributed by atoms with Gasteiger partial charge in [0.2, 0.25) is 0 Å². The molecule has 0 aliphatic heterocycles. The van der Waals surface area contributed by atoms with Gasteiger partial charge in [-0.2, -0.15) is 5.10 Å². The number of nitrogens with one attached hydrogen (secondary N) is 1. The molecule has 0 aliphatic rings. The molecular weight excluding hydrogens is 154 g/mol. The minimum Gasteiger partial charge on any atom is -0.321 e. The summed E-state index contributed by atoms with van der Waals surface area (Å²) in [6.45, 7) is 1.84. The first-order valence-electron chi connectivity index (χ1n) is 3.79. The van der Waals surface area contributed by atoms with E-state index in [1.807, 2.05) is 6.92 Å². The van der Waals surface area contributed by atoms with Crippen molar-refractivity contribution in [1.29, 1.82) is 0 Å². The monoisotopic (exact) mass is 167 g/mol. The average Bonchev–Trinajstić information content (AvgIpc) is 2.47. The second-order valence-electron chi connectivity index (χ2n) is 2.56. The third kappa shape index (κ3) is 2.13. The van der Waals surface area contributed by atoms with Gasteiger partial charge in [-0.1, -0.05) is 0 Å². The second-order valence-corrected chi connectivity index (χ2v) is 2.56. The molecule has 0 saturated carbocycles. The van der Waals surface area contributed by atoms with Crippen LogP contribution in [0.5, 0.6) is 0 Å². The van der Waals surface area contributed by atoms with Crippen LogP contribution < -0.4 is 5.73 Å². The van der Waals surface area contributed by atoms with E-state index in [1.54, 1.807) is 13.3 Å². The minimum absolute atomic E-state index is 0.154. The Morgan fingerprint density at radius 2 is 2.50 bits per heavy atom. The van der Waals surface area contributed by atoms with E-state index >= 15 is 0 Å². The lowest BCUT2D eigenvalue weighted by molar-refractivity contribution is 0.707. The second kappa shape index (κ2) is 3.96. The van der Waals surface area contributed by atoms with Crippen LogP contribution in [0.3, 0.4) is 0 Å². The predicted molar refractivity (Wildman–Crippen MR) is 47.1 cm³/mol. The van der Waals surface area contributed by atoms with Crippen LogP contribution in [0.15, 0.2) is 4.99 Å². The molecule has 1 unspecified atom stereocenters. The first-order chi connectivity index (χ1) is 5.74. The molecule has 1 aromatic rings. The van der Waals surface area contributed by atoms with Gasteiger partial charge in [-0.15, -0.1) is 0 Å². The van der Waals surface area contributed by atoms with Gasteiger partial charge in [0.1, 0.15) is 5.82 Å². The van der Waals surface area contributed by atoms with Crippen LogP contribution in [0, 0.1) is 6.92 Å². The fourth-order valence-electron chi connectivity index (χ4n) is 0.850. The summed E-state index contributed by atoms with van der Waals surface area (Å²) in [6, 6.07) is -0.154. The van der Waals surface area contributed by atoms with Crippen molar-refractivity contribution in [1.82, 2.24) is 15.2 Å². The Balaban J connectivity index is 2.58. The molecule has 0 fully saturated rings. The maximum Gasteiger partial charge on any atom is 0.167 e. The molecule has 1 heterocycles. The molecule has 5 heteroatoms. The van der Waals surface area contributed by atoms with Crippen molar-refractivity contribution < 1.29 is 0 Å². The van der Waals surface area contributed by atoms with Crippen molar-refractivity contribution in [3.8, 4) is 0 Å². The third-order valence-electron chi connectivity index (χ3n) is 1.49. The van der Waals surface area contributed by atoms with Crippen LogP contribution in [-0.4, -0.2) is 28.4 Å². The Morgan fingerprint density at radius 3 is 3.00 bits per heavy atom. The van der Waals surface area contributed by atoms with E-state index in [0.29, 0.717) is 12.2 Å². The van der Waals surface area contributed by atoms with Crippen molar-refractivity contribution in [3.63, 3.8) is 0 Å². The fourth-order valence-corrected chi connectivity index (χ4v) is 0.850. The van der Waals surface area contributed by atoms with E-state index in [-0.39, 0.29) is 6.04 Å². The highest BCUT2D eigenvalue weighted by Crippen LogP contribution is 2.05. The molecule has 1 aromatic heterocycles. The SMILES string of the molecule is CN=CCC(N)c1n[nH]c(C)n1. The van der Waals surface area contributed by atoms with Crippen LogP contribution >= 0.6 is 0 Å². The summed E-state index contributed by atoms with van der Waals surface area (Å²) >= 11 is 0. The van der Waals surface area contributed by atoms with Crippen LogP contribution in [0.2, 0.25) is 0 Å². The molecule has 1 atom stereocenters. The van der Waals surface area contributed by atoms with E-state index in [2.05, 4.69) is 20.2 Å². The van der Waals surface area contributed by atoms with E-state index in [0.717, 1.165) is 5.82 Å². The van der Waals surface area contributed by atoms with Gasteiger partial charge in [-0.3, -0.25) is 5.10 Å². The quantitative estimate of drug-likeness (QED) is 0.631. The minimum atomic E-state index is -0.154. The van der Waals surface area contributed by atoms with Gasteiger partial charge >= 0.3 is 0 Å². The van der Waals surface area contributed by atoms with Crippen LogP contribution in [0.1, 0.15) is 24.1 Å². The molecule has 0 radical (unpaired) electrons. The van der Waals surface area contributed by atoms with Gasteiger partial charge in [0.15, 0.2) is 5.82 Å². The number of aromatic nitrogens is 3. The lowest BCUT2D eigenvalue weighted by Crippen LogP contribution is -2.12. The molecule has 0 amide bonds. The summed E-state index contributed by atoms with van der Waals surface area (Å²) in [5.41, 5.74) is 5.76. The average molecular weight is 167 g/mol. The van der Waals surface area contributed by atoms with Crippen molar-refractivity contribution >= 4 is 6.21 Å². The fraction of sp³-hybridized carbons (Fsp3) is 0.571. The molecule has 0 saturated heterocycles. The maximum absolute atomic E-state index is 5.76. The van der Waals surface area contributed by atoms with Gasteiger partial charge in [0.05, 0.1) is 6.04 Å². The van der Waals surface area contributed by atoms with Crippen molar-refractivity contribution in [2.75, 3.05) is 7.05 Å². The topological polar surface area (TPSA) is 80.0 Å². The van der Waals surface area contributed by atoms with Gasteiger partial charge in [0, 0.05) is 19.7 Å². The number of nitrogens with two attached hydrogens (primary N) is 1. The molecule has 1 rings (SSSR count). The highest BCUT2D eigenvalue weighted by molar-refractivity contribution is 5.57. The standard InChI is InChI=1S/C7H13N5/c1-5-10-7(12-11-5)6(8)3-4-9-2/h4,6H,3,8H2,1-2H3,(H,10,11,12). The number of hydrogen-bond donors (Lipinski definition) is 2.